The van der Waals surface area contributed by atoms with Gasteiger partial charge in [-0.3, -0.25) is 0 Å². The summed E-state index contributed by atoms with van der Waals surface area (Å²) in [6.07, 6.45) is 0. The average Bonchev–Trinajstić information content (AvgIpc) is 2.26. The van der Waals surface area contributed by atoms with Gasteiger partial charge in [-0.1, -0.05) is 17.9 Å². The Morgan fingerprint density at radius 1 is 1.47 bits per heavy atom. The fraction of sp³-hybridized carbons (Fsp3) is 0.333. The van der Waals surface area contributed by atoms with Gasteiger partial charge in [-0.05, 0) is 24.6 Å². The molecular formula is C12H14FNO. The summed E-state index contributed by atoms with van der Waals surface area (Å²) < 4.78 is 18.5. The van der Waals surface area contributed by atoms with Crippen LogP contribution in [0.5, 0.6) is 0 Å². The summed E-state index contributed by atoms with van der Waals surface area (Å²) in [5.74, 6) is 4.99. The van der Waals surface area contributed by atoms with E-state index in [0.717, 1.165) is 5.56 Å². The molecule has 0 amide bonds. The Morgan fingerprint density at radius 2 is 2.27 bits per heavy atom. The van der Waals surface area contributed by atoms with Crippen molar-refractivity contribution in [1.82, 2.24) is 0 Å². The van der Waals surface area contributed by atoms with Crippen molar-refractivity contribution in [3.63, 3.8) is 0 Å². The summed E-state index contributed by atoms with van der Waals surface area (Å²) in [5.41, 5.74) is 6.51. The lowest BCUT2D eigenvalue weighted by Crippen LogP contribution is -1.96. The van der Waals surface area contributed by atoms with Gasteiger partial charge in [0.1, 0.15) is 5.82 Å². The third-order valence-corrected chi connectivity index (χ3v) is 1.83. The Hall–Kier alpha value is -1.37. The first-order chi connectivity index (χ1) is 7.27. The van der Waals surface area contributed by atoms with E-state index in [2.05, 4.69) is 11.8 Å². The zero-order valence-corrected chi connectivity index (χ0v) is 8.72. The zero-order chi connectivity index (χ0) is 11.1. The molecule has 0 radical (unpaired) electrons. The number of nitrogens with two attached hydrogens (primary N) is 1. The molecule has 0 saturated heterocycles. The van der Waals surface area contributed by atoms with Gasteiger partial charge in [0.2, 0.25) is 0 Å². The molecule has 0 unspecified atom stereocenters. The Morgan fingerprint density at radius 3 is 2.93 bits per heavy atom. The van der Waals surface area contributed by atoms with Crippen LogP contribution in [0.3, 0.4) is 0 Å². The highest BCUT2D eigenvalue weighted by Gasteiger charge is 2.00. The van der Waals surface area contributed by atoms with E-state index in [9.17, 15) is 4.39 Å². The van der Waals surface area contributed by atoms with Gasteiger partial charge in [-0.25, -0.2) is 4.39 Å². The first kappa shape index (κ1) is 11.7. The van der Waals surface area contributed by atoms with Crippen LogP contribution in [0.4, 0.5) is 4.39 Å². The maximum atomic E-state index is 13.2. The van der Waals surface area contributed by atoms with Crippen molar-refractivity contribution in [1.29, 1.82) is 0 Å². The molecular weight excluding hydrogens is 193 g/mol. The van der Waals surface area contributed by atoms with Crippen LogP contribution in [0, 0.1) is 17.7 Å². The molecule has 0 aliphatic rings. The Balaban J connectivity index is 2.85. The van der Waals surface area contributed by atoms with Crippen LogP contribution in [-0.2, 0) is 11.3 Å². The molecule has 3 heteroatoms. The first-order valence-corrected chi connectivity index (χ1v) is 4.83. The molecule has 1 aromatic rings. The standard InChI is InChI=1S/C12H14FNO/c1-2-15-9-10-5-6-12(13)11(8-10)4-3-7-14/h5-6,8H,2,7,9,14H2,1H3. The van der Waals surface area contributed by atoms with Gasteiger partial charge in [-0.2, -0.15) is 0 Å². The molecule has 0 aliphatic carbocycles. The molecule has 0 fully saturated rings. The Bertz CT molecular complexity index is 379. The Labute approximate surface area is 89.2 Å². The molecule has 1 aromatic carbocycles. The minimum Gasteiger partial charge on any atom is -0.377 e. The van der Waals surface area contributed by atoms with Crippen molar-refractivity contribution in [2.45, 2.75) is 13.5 Å². The largest absolute Gasteiger partial charge is 0.377 e. The SMILES string of the molecule is CCOCc1ccc(F)c(C#CCN)c1. The molecule has 0 aliphatic heterocycles. The van der Waals surface area contributed by atoms with Crippen LogP contribution in [0.1, 0.15) is 18.1 Å². The van der Waals surface area contributed by atoms with Crippen LogP contribution in [-0.4, -0.2) is 13.2 Å². The van der Waals surface area contributed by atoms with E-state index in [1.807, 2.05) is 6.92 Å². The van der Waals surface area contributed by atoms with E-state index in [-0.39, 0.29) is 12.4 Å². The molecule has 0 bridgehead atoms. The van der Waals surface area contributed by atoms with Gasteiger partial charge >= 0.3 is 0 Å². The highest BCUT2D eigenvalue weighted by Crippen LogP contribution is 2.10. The molecule has 0 atom stereocenters. The molecule has 2 N–H and O–H groups in total. The molecule has 0 saturated carbocycles. The number of benzene rings is 1. The quantitative estimate of drug-likeness (QED) is 0.765. The van der Waals surface area contributed by atoms with Gasteiger partial charge in [0.15, 0.2) is 0 Å². The summed E-state index contributed by atoms with van der Waals surface area (Å²) in [6.45, 7) is 3.27. The lowest BCUT2D eigenvalue weighted by molar-refractivity contribution is 0.134. The van der Waals surface area contributed by atoms with E-state index in [0.29, 0.717) is 18.8 Å². The second-order valence-corrected chi connectivity index (χ2v) is 2.96. The van der Waals surface area contributed by atoms with Crippen molar-refractivity contribution in [3.8, 4) is 11.8 Å². The third kappa shape index (κ3) is 3.70. The van der Waals surface area contributed by atoms with Crippen molar-refractivity contribution >= 4 is 0 Å². The van der Waals surface area contributed by atoms with Gasteiger partial charge in [0, 0.05) is 6.61 Å². The highest BCUT2D eigenvalue weighted by atomic mass is 19.1. The minimum absolute atomic E-state index is 0.231. The van der Waals surface area contributed by atoms with E-state index in [4.69, 9.17) is 10.5 Å². The van der Waals surface area contributed by atoms with Crippen molar-refractivity contribution in [3.05, 3.63) is 35.1 Å². The molecule has 15 heavy (non-hydrogen) atoms. The van der Waals surface area contributed by atoms with Crippen molar-refractivity contribution in [2.24, 2.45) is 5.73 Å². The normalized spacial score (nSPS) is 9.53. The van der Waals surface area contributed by atoms with E-state index >= 15 is 0 Å². The number of rotatable bonds is 3. The lowest BCUT2D eigenvalue weighted by Gasteiger charge is -2.02. The second kappa shape index (κ2) is 6.18. The van der Waals surface area contributed by atoms with Gasteiger partial charge in [0.25, 0.3) is 0 Å². The summed E-state index contributed by atoms with van der Waals surface area (Å²) in [7, 11) is 0. The molecule has 2 nitrogen and oxygen atoms in total. The van der Waals surface area contributed by atoms with Crippen molar-refractivity contribution < 1.29 is 9.13 Å². The van der Waals surface area contributed by atoms with Crippen LogP contribution in [0.15, 0.2) is 18.2 Å². The summed E-state index contributed by atoms with van der Waals surface area (Å²) in [5, 5.41) is 0. The van der Waals surface area contributed by atoms with E-state index < -0.39 is 0 Å². The van der Waals surface area contributed by atoms with Crippen LogP contribution in [0.25, 0.3) is 0 Å². The van der Waals surface area contributed by atoms with Crippen LogP contribution < -0.4 is 5.73 Å². The second-order valence-electron chi connectivity index (χ2n) is 2.96. The summed E-state index contributed by atoms with van der Waals surface area (Å²) in [4.78, 5) is 0. The number of hydrogen-bond acceptors (Lipinski definition) is 2. The summed E-state index contributed by atoms with van der Waals surface area (Å²) >= 11 is 0. The third-order valence-electron chi connectivity index (χ3n) is 1.83. The van der Waals surface area contributed by atoms with Crippen LogP contribution in [0.2, 0.25) is 0 Å². The zero-order valence-electron chi connectivity index (χ0n) is 8.72. The highest BCUT2D eigenvalue weighted by molar-refractivity contribution is 5.38. The van der Waals surface area contributed by atoms with E-state index in [1.165, 1.54) is 6.07 Å². The minimum atomic E-state index is -0.323. The lowest BCUT2D eigenvalue weighted by atomic mass is 10.1. The van der Waals surface area contributed by atoms with Gasteiger partial charge in [0.05, 0.1) is 18.7 Å². The molecule has 1 rings (SSSR count). The maximum Gasteiger partial charge on any atom is 0.138 e. The predicted octanol–water partition coefficient (Wildman–Crippen LogP) is 1.67. The number of hydrogen-bond donors (Lipinski definition) is 1. The maximum absolute atomic E-state index is 13.2. The monoisotopic (exact) mass is 207 g/mol. The van der Waals surface area contributed by atoms with Gasteiger partial charge < -0.3 is 10.5 Å². The molecule has 0 aromatic heterocycles. The van der Waals surface area contributed by atoms with Crippen LogP contribution >= 0.6 is 0 Å². The van der Waals surface area contributed by atoms with Crippen molar-refractivity contribution in [2.75, 3.05) is 13.2 Å². The predicted molar refractivity (Wildman–Crippen MR) is 57.7 cm³/mol. The Kier molecular flexibility index (Phi) is 4.82. The fourth-order valence-corrected chi connectivity index (χ4v) is 1.12. The summed E-state index contributed by atoms with van der Waals surface area (Å²) in [6, 6.07) is 4.78. The van der Waals surface area contributed by atoms with Gasteiger partial charge in [-0.15, -0.1) is 0 Å². The molecule has 0 heterocycles. The van der Waals surface area contributed by atoms with E-state index in [1.54, 1.807) is 12.1 Å². The number of ether oxygens (including phenoxy) is 1. The molecule has 0 spiro atoms. The fourth-order valence-electron chi connectivity index (χ4n) is 1.12. The number of halogens is 1. The molecule has 80 valence electrons. The first-order valence-electron chi connectivity index (χ1n) is 4.83. The average molecular weight is 207 g/mol. The topological polar surface area (TPSA) is 35.2 Å². The smallest absolute Gasteiger partial charge is 0.138 e.